The van der Waals surface area contributed by atoms with E-state index in [1.165, 1.54) is 6.07 Å². The topological polar surface area (TPSA) is 84.6 Å². The van der Waals surface area contributed by atoms with Crippen LogP contribution in [0.4, 0.5) is 5.69 Å². The lowest BCUT2D eigenvalue weighted by Gasteiger charge is -2.25. The van der Waals surface area contributed by atoms with Crippen LogP contribution in [-0.2, 0) is 4.74 Å². The van der Waals surface area contributed by atoms with Gasteiger partial charge in [0.2, 0.25) is 0 Å². The highest BCUT2D eigenvalue weighted by molar-refractivity contribution is 5.94. The van der Waals surface area contributed by atoms with E-state index in [2.05, 4.69) is 5.32 Å². The van der Waals surface area contributed by atoms with Crippen molar-refractivity contribution in [1.82, 2.24) is 5.32 Å². The molecule has 1 aliphatic heterocycles. The van der Waals surface area contributed by atoms with Gasteiger partial charge in [-0.1, -0.05) is 12.1 Å². The van der Waals surface area contributed by atoms with Crippen LogP contribution in [0.15, 0.2) is 18.2 Å². The lowest BCUT2D eigenvalue weighted by atomic mass is 10.0. The molecular formula is C11H14N2O3. The van der Waals surface area contributed by atoms with E-state index in [4.69, 9.17) is 15.6 Å². The average molecular weight is 222 g/mol. The Hall–Kier alpha value is -1.59. The number of nitrogen functional groups attached to an aromatic ring is 1. The largest absolute Gasteiger partial charge is 0.478 e. The number of aromatic carboxylic acids is 1. The van der Waals surface area contributed by atoms with Crippen LogP contribution in [0, 0.1) is 0 Å². The van der Waals surface area contributed by atoms with Gasteiger partial charge in [-0.2, -0.15) is 0 Å². The molecule has 0 saturated carbocycles. The Balaban J connectivity index is 2.33. The number of carboxylic acid groups (broad SMARTS) is 1. The first-order chi connectivity index (χ1) is 7.70. The van der Waals surface area contributed by atoms with Gasteiger partial charge in [0.25, 0.3) is 0 Å². The summed E-state index contributed by atoms with van der Waals surface area (Å²) in [5, 5.41) is 12.1. The van der Waals surface area contributed by atoms with E-state index < -0.39 is 5.97 Å². The molecule has 0 bridgehead atoms. The number of rotatable bonds is 2. The summed E-state index contributed by atoms with van der Waals surface area (Å²) in [6, 6.07) is 4.99. The van der Waals surface area contributed by atoms with Gasteiger partial charge in [0.15, 0.2) is 0 Å². The quantitative estimate of drug-likeness (QED) is 0.639. The first kappa shape index (κ1) is 10.9. The number of hydrogen-bond donors (Lipinski definition) is 3. The van der Waals surface area contributed by atoms with Gasteiger partial charge in [-0.05, 0) is 6.07 Å². The van der Waals surface area contributed by atoms with Gasteiger partial charge >= 0.3 is 5.97 Å². The van der Waals surface area contributed by atoms with Gasteiger partial charge in [0.1, 0.15) is 0 Å². The zero-order chi connectivity index (χ0) is 11.5. The van der Waals surface area contributed by atoms with Gasteiger partial charge in [0, 0.05) is 18.7 Å². The molecule has 16 heavy (non-hydrogen) atoms. The molecule has 1 heterocycles. The van der Waals surface area contributed by atoms with Crippen molar-refractivity contribution in [3.8, 4) is 0 Å². The highest BCUT2D eigenvalue weighted by atomic mass is 16.5. The standard InChI is InChI=1S/C11H14N2O3/c12-10-7(9-6-13-4-5-16-9)2-1-3-8(10)11(14)15/h1-3,9,13H,4-6,12H2,(H,14,15). The fourth-order valence-corrected chi connectivity index (χ4v) is 1.82. The molecule has 1 aromatic rings. The maximum Gasteiger partial charge on any atom is 0.337 e. The van der Waals surface area contributed by atoms with Crippen LogP contribution < -0.4 is 11.1 Å². The van der Waals surface area contributed by atoms with E-state index in [1.807, 2.05) is 0 Å². The second kappa shape index (κ2) is 4.51. The number of carboxylic acids is 1. The van der Waals surface area contributed by atoms with Crippen LogP contribution in [0.1, 0.15) is 22.0 Å². The molecule has 5 heteroatoms. The number of nitrogens with one attached hydrogen (secondary N) is 1. The van der Waals surface area contributed by atoms with Crippen molar-refractivity contribution in [3.63, 3.8) is 0 Å². The fraction of sp³-hybridized carbons (Fsp3) is 0.364. The average Bonchev–Trinajstić information content (AvgIpc) is 2.30. The Morgan fingerprint density at radius 3 is 3.00 bits per heavy atom. The van der Waals surface area contributed by atoms with Gasteiger partial charge in [-0.3, -0.25) is 0 Å². The van der Waals surface area contributed by atoms with Gasteiger partial charge in [-0.25, -0.2) is 4.79 Å². The minimum atomic E-state index is -1.01. The Morgan fingerprint density at radius 2 is 2.38 bits per heavy atom. The number of anilines is 1. The number of nitrogens with two attached hydrogens (primary N) is 1. The van der Waals surface area contributed by atoms with Crippen molar-refractivity contribution in [2.45, 2.75) is 6.10 Å². The molecule has 1 atom stereocenters. The van der Waals surface area contributed by atoms with Crippen molar-refractivity contribution >= 4 is 11.7 Å². The van der Waals surface area contributed by atoms with Crippen LogP contribution >= 0.6 is 0 Å². The van der Waals surface area contributed by atoms with Crippen LogP contribution in [0.2, 0.25) is 0 Å². The highest BCUT2D eigenvalue weighted by Crippen LogP contribution is 2.27. The molecule has 0 aliphatic carbocycles. The van der Waals surface area contributed by atoms with Crippen molar-refractivity contribution in [1.29, 1.82) is 0 Å². The maximum atomic E-state index is 10.9. The molecule has 0 aromatic heterocycles. The number of benzene rings is 1. The normalized spacial score (nSPS) is 20.6. The van der Waals surface area contributed by atoms with E-state index in [1.54, 1.807) is 12.1 Å². The third-order valence-corrected chi connectivity index (χ3v) is 2.64. The summed E-state index contributed by atoms with van der Waals surface area (Å²) in [6.07, 6.45) is -0.159. The molecule has 0 spiro atoms. The monoisotopic (exact) mass is 222 g/mol. The minimum Gasteiger partial charge on any atom is -0.478 e. The molecule has 1 fully saturated rings. The van der Waals surface area contributed by atoms with E-state index in [0.29, 0.717) is 18.8 Å². The number of morpholine rings is 1. The summed E-state index contributed by atoms with van der Waals surface area (Å²) in [4.78, 5) is 10.9. The molecule has 0 amide bonds. The maximum absolute atomic E-state index is 10.9. The summed E-state index contributed by atoms with van der Waals surface area (Å²) in [7, 11) is 0. The molecule has 4 N–H and O–H groups in total. The van der Waals surface area contributed by atoms with Crippen molar-refractivity contribution in [3.05, 3.63) is 29.3 Å². The molecule has 0 radical (unpaired) electrons. The lowest BCUT2D eigenvalue weighted by Crippen LogP contribution is -2.33. The second-order valence-electron chi connectivity index (χ2n) is 3.68. The van der Waals surface area contributed by atoms with Crippen LogP contribution in [0.25, 0.3) is 0 Å². The van der Waals surface area contributed by atoms with E-state index >= 15 is 0 Å². The molecule has 1 saturated heterocycles. The number of carbonyl (C=O) groups is 1. The Morgan fingerprint density at radius 1 is 1.56 bits per heavy atom. The van der Waals surface area contributed by atoms with Crippen LogP contribution in [0.5, 0.6) is 0 Å². The predicted molar refractivity (Wildman–Crippen MR) is 59.4 cm³/mol. The van der Waals surface area contributed by atoms with Crippen molar-refractivity contribution < 1.29 is 14.6 Å². The first-order valence-corrected chi connectivity index (χ1v) is 5.14. The predicted octanol–water partition coefficient (Wildman–Crippen LogP) is 0.628. The minimum absolute atomic E-state index is 0.131. The number of para-hydroxylation sites is 1. The summed E-state index contributed by atoms with van der Waals surface area (Å²) in [5.74, 6) is -1.01. The van der Waals surface area contributed by atoms with E-state index in [9.17, 15) is 4.79 Å². The second-order valence-corrected chi connectivity index (χ2v) is 3.68. The van der Waals surface area contributed by atoms with Gasteiger partial charge < -0.3 is 20.9 Å². The molecule has 86 valence electrons. The fourth-order valence-electron chi connectivity index (χ4n) is 1.82. The third kappa shape index (κ3) is 2.00. The zero-order valence-electron chi connectivity index (χ0n) is 8.77. The summed E-state index contributed by atoms with van der Waals surface area (Å²) in [5.41, 5.74) is 7.00. The Kier molecular flexibility index (Phi) is 3.07. The number of ether oxygens (including phenoxy) is 1. The Bertz CT molecular complexity index is 400. The summed E-state index contributed by atoms with van der Waals surface area (Å²) < 4.78 is 5.54. The molecular weight excluding hydrogens is 208 g/mol. The Labute approximate surface area is 93.2 Å². The van der Waals surface area contributed by atoms with Crippen molar-refractivity contribution in [2.75, 3.05) is 25.4 Å². The molecule has 5 nitrogen and oxygen atoms in total. The lowest BCUT2D eigenvalue weighted by molar-refractivity contribution is 0.0281. The third-order valence-electron chi connectivity index (χ3n) is 2.64. The molecule has 1 unspecified atom stereocenters. The summed E-state index contributed by atoms with van der Waals surface area (Å²) >= 11 is 0. The highest BCUT2D eigenvalue weighted by Gasteiger charge is 2.20. The molecule has 1 aliphatic rings. The van der Waals surface area contributed by atoms with Crippen molar-refractivity contribution in [2.24, 2.45) is 0 Å². The molecule has 1 aromatic carbocycles. The first-order valence-electron chi connectivity index (χ1n) is 5.14. The number of hydrogen-bond acceptors (Lipinski definition) is 4. The van der Waals surface area contributed by atoms with Crippen LogP contribution in [-0.4, -0.2) is 30.8 Å². The van der Waals surface area contributed by atoms with Crippen LogP contribution in [0.3, 0.4) is 0 Å². The summed E-state index contributed by atoms with van der Waals surface area (Å²) in [6.45, 7) is 2.09. The smallest absolute Gasteiger partial charge is 0.337 e. The SMILES string of the molecule is Nc1c(C(=O)O)cccc1C1CNCCO1. The van der Waals surface area contributed by atoms with Gasteiger partial charge in [-0.15, -0.1) is 0 Å². The zero-order valence-corrected chi connectivity index (χ0v) is 8.77. The van der Waals surface area contributed by atoms with E-state index in [0.717, 1.165) is 12.1 Å². The van der Waals surface area contributed by atoms with E-state index in [-0.39, 0.29) is 11.7 Å². The molecule has 2 rings (SSSR count). The van der Waals surface area contributed by atoms with Gasteiger partial charge in [0.05, 0.1) is 24.0 Å².